The van der Waals surface area contributed by atoms with Gasteiger partial charge in [-0.3, -0.25) is 0 Å². The standard InChI is InChI=1S/C10H13NO4S/c1-15-10(12)8-3-5-9(6-4-8)11-7-16(2,13)14/h3-6,11H,7H2,1-2H3. The van der Waals surface area contributed by atoms with Gasteiger partial charge in [-0.1, -0.05) is 0 Å². The third-order valence-corrected chi connectivity index (χ3v) is 2.51. The van der Waals surface area contributed by atoms with Gasteiger partial charge in [-0.15, -0.1) is 0 Å². The van der Waals surface area contributed by atoms with E-state index in [1.54, 1.807) is 24.3 Å². The molecule has 16 heavy (non-hydrogen) atoms. The predicted octanol–water partition coefficient (Wildman–Crippen LogP) is 0.887. The Labute approximate surface area is 94.3 Å². The second-order valence-corrected chi connectivity index (χ2v) is 5.46. The number of hydrogen-bond donors (Lipinski definition) is 1. The summed E-state index contributed by atoms with van der Waals surface area (Å²) >= 11 is 0. The Morgan fingerprint density at radius 2 is 1.88 bits per heavy atom. The minimum atomic E-state index is -3.06. The number of carbonyl (C=O) groups is 1. The van der Waals surface area contributed by atoms with Crippen LogP contribution in [0.25, 0.3) is 0 Å². The van der Waals surface area contributed by atoms with Crippen LogP contribution in [0, 0.1) is 0 Å². The minimum absolute atomic E-state index is 0.134. The Morgan fingerprint density at radius 1 is 1.31 bits per heavy atom. The van der Waals surface area contributed by atoms with E-state index in [4.69, 9.17) is 0 Å². The Morgan fingerprint density at radius 3 is 2.31 bits per heavy atom. The van der Waals surface area contributed by atoms with E-state index in [9.17, 15) is 13.2 Å². The normalized spacial score (nSPS) is 10.9. The molecule has 1 aromatic rings. The lowest BCUT2D eigenvalue weighted by Crippen LogP contribution is -2.12. The molecule has 0 bridgehead atoms. The van der Waals surface area contributed by atoms with E-state index in [1.807, 2.05) is 0 Å². The summed E-state index contributed by atoms with van der Waals surface area (Å²) in [5, 5.41) is 2.73. The maximum atomic E-state index is 11.1. The molecule has 0 aliphatic carbocycles. The van der Waals surface area contributed by atoms with Crippen molar-refractivity contribution in [1.29, 1.82) is 0 Å². The Bertz CT molecular complexity index is 464. The molecule has 0 heterocycles. The molecule has 1 aromatic carbocycles. The number of ether oxygens (including phenoxy) is 1. The van der Waals surface area contributed by atoms with Crippen molar-refractivity contribution in [2.24, 2.45) is 0 Å². The quantitative estimate of drug-likeness (QED) is 0.795. The first kappa shape index (κ1) is 12.5. The van der Waals surface area contributed by atoms with Gasteiger partial charge in [-0.2, -0.15) is 0 Å². The van der Waals surface area contributed by atoms with Crippen LogP contribution in [0.1, 0.15) is 10.4 Å². The first-order valence-electron chi connectivity index (χ1n) is 4.52. The molecule has 0 amide bonds. The van der Waals surface area contributed by atoms with Gasteiger partial charge in [0.1, 0.15) is 5.88 Å². The summed E-state index contributed by atoms with van der Waals surface area (Å²) in [6, 6.07) is 6.38. The van der Waals surface area contributed by atoms with Crippen molar-refractivity contribution in [3.63, 3.8) is 0 Å². The molecule has 0 unspecified atom stereocenters. The molecule has 0 aromatic heterocycles. The van der Waals surface area contributed by atoms with Crippen molar-refractivity contribution in [3.8, 4) is 0 Å². The van der Waals surface area contributed by atoms with Crippen molar-refractivity contribution in [3.05, 3.63) is 29.8 Å². The van der Waals surface area contributed by atoms with Gasteiger partial charge in [0.2, 0.25) is 0 Å². The van der Waals surface area contributed by atoms with Crippen LogP contribution >= 0.6 is 0 Å². The third kappa shape index (κ3) is 3.90. The van der Waals surface area contributed by atoms with Gasteiger partial charge < -0.3 is 10.1 Å². The maximum Gasteiger partial charge on any atom is 0.337 e. The summed E-state index contributed by atoms with van der Waals surface area (Å²) in [5.74, 6) is -0.556. The van der Waals surface area contributed by atoms with E-state index < -0.39 is 15.8 Å². The number of sulfone groups is 1. The fraction of sp³-hybridized carbons (Fsp3) is 0.300. The Hall–Kier alpha value is -1.56. The van der Waals surface area contributed by atoms with E-state index in [-0.39, 0.29) is 5.88 Å². The second-order valence-electron chi connectivity index (χ2n) is 3.32. The van der Waals surface area contributed by atoms with Gasteiger partial charge in [-0.05, 0) is 24.3 Å². The van der Waals surface area contributed by atoms with Gasteiger partial charge >= 0.3 is 5.97 Å². The highest BCUT2D eigenvalue weighted by Gasteiger charge is 2.05. The molecule has 0 radical (unpaired) electrons. The average molecular weight is 243 g/mol. The molecule has 0 atom stereocenters. The van der Waals surface area contributed by atoms with Crippen molar-refractivity contribution >= 4 is 21.5 Å². The molecule has 1 N–H and O–H groups in total. The van der Waals surface area contributed by atoms with Gasteiger partial charge in [0, 0.05) is 11.9 Å². The number of methoxy groups -OCH3 is 1. The van der Waals surface area contributed by atoms with Crippen LogP contribution in [-0.4, -0.2) is 33.6 Å². The average Bonchev–Trinajstić information content (AvgIpc) is 2.25. The molecule has 0 saturated heterocycles. The third-order valence-electron chi connectivity index (χ3n) is 1.84. The number of carbonyl (C=O) groups excluding carboxylic acids is 1. The SMILES string of the molecule is COC(=O)c1ccc(NCS(C)(=O)=O)cc1. The zero-order valence-corrected chi connectivity index (χ0v) is 9.87. The van der Waals surface area contributed by atoms with Crippen molar-refractivity contribution in [1.82, 2.24) is 0 Å². The van der Waals surface area contributed by atoms with Crippen LogP contribution in [0.15, 0.2) is 24.3 Å². The highest BCUT2D eigenvalue weighted by Crippen LogP contribution is 2.10. The largest absolute Gasteiger partial charge is 0.465 e. The summed E-state index contributed by atoms with van der Waals surface area (Å²) in [7, 11) is -1.75. The van der Waals surface area contributed by atoms with Crippen LogP contribution in [0.4, 0.5) is 5.69 Å². The summed E-state index contributed by atoms with van der Waals surface area (Å²) < 4.78 is 26.3. The summed E-state index contributed by atoms with van der Waals surface area (Å²) in [5.41, 5.74) is 1.06. The lowest BCUT2D eigenvalue weighted by Gasteiger charge is -2.05. The molecule has 0 aliphatic rings. The molecule has 5 nitrogen and oxygen atoms in total. The smallest absolute Gasteiger partial charge is 0.337 e. The van der Waals surface area contributed by atoms with E-state index in [0.717, 1.165) is 6.26 Å². The van der Waals surface area contributed by atoms with Crippen LogP contribution in [-0.2, 0) is 14.6 Å². The molecule has 0 fully saturated rings. The van der Waals surface area contributed by atoms with Crippen LogP contribution in [0.3, 0.4) is 0 Å². The summed E-state index contributed by atoms with van der Waals surface area (Å²) in [6.45, 7) is 0. The topological polar surface area (TPSA) is 72.5 Å². The summed E-state index contributed by atoms with van der Waals surface area (Å²) in [4.78, 5) is 11.1. The second kappa shape index (κ2) is 4.98. The maximum absolute atomic E-state index is 11.1. The van der Waals surface area contributed by atoms with Gasteiger partial charge in [0.15, 0.2) is 9.84 Å². The number of esters is 1. The zero-order valence-electron chi connectivity index (χ0n) is 9.06. The molecule has 1 rings (SSSR count). The first-order chi connectivity index (χ1) is 7.42. The lowest BCUT2D eigenvalue weighted by molar-refractivity contribution is 0.0601. The Kier molecular flexibility index (Phi) is 3.89. The Balaban J connectivity index is 2.69. The zero-order chi connectivity index (χ0) is 12.2. The highest BCUT2D eigenvalue weighted by molar-refractivity contribution is 7.90. The van der Waals surface area contributed by atoms with Gasteiger partial charge in [-0.25, -0.2) is 13.2 Å². The van der Waals surface area contributed by atoms with E-state index in [2.05, 4.69) is 10.1 Å². The van der Waals surface area contributed by atoms with Gasteiger partial charge in [0.25, 0.3) is 0 Å². The molecule has 88 valence electrons. The van der Waals surface area contributed by atoms with E-state index in [0.29, 0.717) is 11.3 Å². The monoisotopic (exact) mass is 243 g/mol. The van der Waals surface area contributed by atoms with Crippen LogP contribution < -0.4 is 5.32 Å². The molecular formula is C10H13NO4S. The highest BCUT2D eigenvalue weighted by atomic mass is 32.2. The number of anilines is 1. The first-order valence-corrected chi connectivity index (χ1v) is 6.58. The summed E-state index contributed by atoms with van der Waals surface area (Å²) in [6.07, 6.45) is 1.14. The fourth-order valence-corrected chi connectivity index (χ4v) is 1.49. The molecule has 6 heteroatoms. The van der Waals surface area contributed by atoms with Crippen LogP contribution in [0.2, 0.25) is 0 Å². The van der Waals surface area contributed by atoms with Crippen molar-refractivity contribution < 1.29 is 17.9 Å². The minimum Gasteiger partial charge on any atom is -0.465 e. The molecule has 0 saturated carbocycles. The van der Waals surface area contributed by atoms with Gasteiger partial charge in [0.05, 0.1) is 12.7 Å². The molecular weight excluding hydrogens is 230 g/mol. The van der Waals surface area contributed by atoms with Crippen molar-refractivity contribution in [2.75, 3.05) is 24.6 Å². The van der Waals surface area contributed by atoms with E-state index >= 15 is 0 Å². The fourth-order valence-electron chi connectivity index (χ4n) is 1.06. The number of nitrogens with one attached hydrogen (secondary N) is 1. The number of benzene rings is 1. The molecule has 0 aliphatic heterocycles. The number of hydrogen-bond acceptors (Lipinski definition) is 5. The van der Waals surface area contributed by atoms with Crippen molar-refractivity contribution in [2.45, 2.75) is 0 Å². The lowest BCUT2D eigenvalue weighted by atomic mass is 10.2. The predicted molar refractivity (Wildman–Crippen MR) is 61.1 cm³/mol. The van der Waals surface area contributed by atoms with Crippen LogP contribution in [0.5, 0.6) is 0 Å². The molecule has 0 spiro atoms. The number of rotatable bonds is 4. The van der Waals surface area contributed by atoms with E-state index in [1.165, 1.54) is 7.11 Å².